The average Bonchev–Trinajstić information content (AvgIpc) is 2.40. The van der Waals surface area contributed by atoms with Crippen molar-refractivity contribution in [3.8, 4) is 0 Å². The Morgan fingerprint density at radius 1 is 1.16 bits per heavy atom. The molecule has 3 N–H and O–H groups in total. The third-order valence-corrected chi connectivity index (χ3v) is 2.64. The summed E-state index contributed by atoms with van der Waals surface area (Å²) in [6.07, 6.45) is 0.391. The molecule has 0 unspecified atom stereocenters. The van der Waals surface area contributed by atoms with E-state index in [4.69, 9.17) is 20.1 Å². The van der Waals surface area contributed by atoms with Crippen LogP contribution < -0.4 is 0 Å². The van der Waals surface area contributed by atoms with Gasteiger partial charge in [-0.15, -0.1) is 0 Å². The molecule has 0 aliphatic carbocycles. The molecule has 0 saturated carbocycles. The molecule has 0 rings (SSSR count). The molecule has 0 aromatic carbocycles. The fourth-order valence-corrected chi connectivity index (χ4v) is 1.00. The topological polar surface area (TPSA) is 113 Å². The van der Waals surface area contributed by atoms with Crippen molar-refractivity contribution < 1.29 is 34.4 Å². The van der Waals surface area contributed by atoms with E-state index < -0.39 is 28.9 Å². The second-order valence-corrected chi connectivity index (χ2v) is 4.00. The van der Waals surface area contributed by atoms with Crippen LogP contribution in [0.5, 0.6) is 0 Å². The molecule has 0 radical (unpaired) electrons. The number of ether oxygens (including phenoxy) is 2. The zero-order valence-corrected chi connectivity index (χ0v) is 10.7. The molecule has 19 heavy (non-hydrogen) atoms. The third kappa shape index (κ3) is 5.11. The third-order valence-electron chi connectivity index (χ3n) is 2.64. The van der Waals surface area contributed by atoms with Crippen molar-refractivity contribution in [2.45, 2.75) is 13.3 Å². The van der Waals surface area contributed by atoms with Gasteiger partial charge in [-0.25, -0.2) is 9.59 Å². The van der Waals surface area contributed by atoms with Gasteiger partial charge in [0.25, 0.3) is 0 Å². The predicted molar refractivity (Wildman–Crippen MR) is 64.9 cm³/mol. The second-order valence-electron chi connectivity index (χ2n) is 4.00. The van der Waals surface area contributed by atoms with Gasteiger partial charge in [-0.2, -0.15) is 0 Å². The van der Waals surface area contributed by atoms with E-state index in [1.54, 1.807) is 6.92 Å². The van der Waals surface area contributed by atoms with Crippen molar-refractivity contribution in [3.05, 3.63) is 24.7 Å². The van der Waals surface area contributed by atoms with Crippen molar-refractivity contribution >= 4 is 11.9 Å². The quantitative estimate of drug-likeness (QED) is 0.309. The lowest BCUT2D eigenvalue weighted by Gasteiger charge is -2.27. The highest BCUT2D eigenvalue weighted by molar-refractivity contribution is 5.89. The molecule has 0 atom stereocenters. The van der Waals surface area contributed by atoms with E-state index >= 15 is 0 Å². The molecular weight excluding hydrogens is 256 g/mol. The van der Waals surface area contributed by atoms with E-state index in [1.165, 1.54) is 0 Å². The summed E-state index contributed by atoms with van der Waals surface area (Å²) < 4.78 is 9.36. The number of esters is 1. The van der Waals surface area contributed by atoms with Gasteiger partial charge in [0.05, 0.1) is 18.6 Å². The van der Waals surface area contributed by atoms with Gasteiger partial charge >= 0.3 is 11.9 Å². The van der Waals surface area contributed by atoms with Crippen LogP contribution in [0, 0.1) is 5.41 Å². The Bertz CT molecular complexity index is 360. The lowest BCUT2D eigenvalue weighted by molar-refractivity contribution is -0.149. The number of carboxylic acids is 1. The minimum absolute atomic E-state index is 0.239. The first-order valence-corrected chi connectivity index (χ1v) is 5.49. The highest BCUT2D eigenvalue weighted by Gasteiger charge is 2.29. The summed E-state index contributed by atoms with van der Waals surface area (Å²) in [7, 11) is 0. The highest BCUT2D eigenvalue weighted by atomic mass is 16.6. The van der Waals surface area contributed by atoms with Crippen LogP contribution in [-0.4, -0.2) is 47.1 Å². The Labute approximate surface area is 110 Å². The van der Waals surface area contributed by atoms with E-state index in [0.29, 0.717) is 6.42 Å². The lowest BCUT2D eigenvalue weighted by atomic mass is 9.88. The minimum atomic E-state index is -1.43. The molecular formula is C12H18O7. The van der Waals surface area contributed by atoms with Crippen LogP contribution in [0.2, 0.25) is 0 Å². The van der Waals surface area contributed by atoms with Gasteiger partial charge in [-0.05, 0) is 19.6 Å². The molecule has 0 spiro atoms. The van der Waals surface area contributed by atoms with Gasteiger partial charge in [0.2, 0.25) is 11.5 Å². The molecule has 7 heteroatoms. The Morgan fingerprint density at radius 2 is 1.68 bits per heavy atom. The molecule has 0 aliphatic rings. The maximum atomic E-state index is 11.5. The molecule has 0 aromatic rings. The number of carbonyl (C=O) groups excluding carboxylic acids is 1. The normalized spacial score (nSPS) is 10.7. The number of aliphatic hydroxyl groups excluding tert-OH is 2. The number of hydrogen-bond acceptors (Lipinski definition) is 6. The fraction of sp³-hybridized carbons (Fsp3) is 0.500. The summed E-state index contributed by atoms with van der Waals surface area (Å²) in [5.41, 5.74) is -0.945. The largest absolute Gasteiger partial charge is 0.475 e. The zero-order chi connectivity index (χ0) is 15.1. The van der Waals surface area contributed by atoms with Gasteiger partial charge < -0.3 is 24.8 Å². The van der Waals surface area contributed by atoms with E-state index in [-0.39, 0.29) is 19.8 Å². The molecule has 0 amide bonds. The Balaban J connectivity index is 4.42. The summed E-state index contributed by atoms with van der Waals surface area (Å²) in [6, 6.07) is 0. The minimum Gasteiger partial charge on any atom is -0.475 e. The number of rotatable bonds is 9. The van der Waals surface area contributed by atoms with Crippen LogP contribution in [0.25, 0.3) is 0 Å². The maximum Gasteiger partial charge on any atom is 0.373 e. The first-order valence-electron chi connectivity index (χ1n) is 5.49. The molecule has 7 nitrogen and oxygen atoms in total. The van der Waals surface area contributed by atoms with E-state index in [9.17, 15) is 9.59 Å². The summed E-state index contributed by atoms with van der Waals surface area (Å²) in [5, 5.41) is 26.8. The van der Waals surface area contributed by atoms with Gasteiger partial charge in [-0.3, -0.25) is 0 Å². The highest BCUT2D eigenvalue weighted by Crippen LogP contribution is 2.21. The Morgan fingerprint density at radius 3 is 2.05 bits per heavy atom. The van der Waals surface area contributed by atoms with Crippen LogP contribution in [0.1, 0.15) is 13.3 Å². The molecule has 108 valence electrons. The first kappa shape index (κ1) is 17.1. The predicted octanol–water partition coefficient (Wildman–Crippen LogP) is 0.0392. The summed E-state index contributed by atoms with van der Waals surface area (Å²) in [6.45, 7) is 7.04. The first-order chi connectivity index (χ1) is 8.81. The van der Waals surface area contributed by atoms with Crippen LogP contribution in [0.3, 0.4) is 0 Å². The van der Waals surface area contributed by atoms with Gasteiger partial charge in [0.1, 0.15) is 6.61 Å². The number of aliphatic carboxylic acids is 1. The number of aliphatic hydroxyl groups is 2. The zero-order valence-electron chi connectivity index (χ0n) is 10.7. The van der Waals surface area contributed by atoms with Crippen molar-refractivity contribution in [1.29, 1.82) is 0 Å². The van der Waals surface area contributed by atoms with Crippen LogP contribution in [0.15, 0.2) is 24.7 Å². The van der Waals surface area contributed by atoms with E-state index in [2.05, 4.69) is 17.9 Å². The summed E-state index contributed by atoms with van der Waals surface area (Å²) in [5.74, 6) is -3.61. The monoisotopic (exact) mass is 274 g/mol. The van der Waals surface area contributed by atoms with Crippen LogP contribution in [-0.2, 0) is 19.1 Å². The standard InChI is InChI=1S/C12H18O7/c1-4-12(5-13,6-14)7-18-11(17)9(3)19-8(2)10(15)16/h13-14H,2-7H2,1H3,(H,15,16). The van der Waals surface area contributed by atoms with E-state index in [1.807, 2.05) is 0 Å². The summed E-state index contributed by atoms with van der Waals surface area (Å²) >= 11 is 0. The van der Waals surface area contributed by atoms with Gasteiger partial charge in [0, 0.05) is 0 Å². The van der Waals surface area contributed by atoms with E-state index in [0.717, 1.165) is 0 Å². The van der Waals surface area contributed by atoms with Crippen molar-refractivity contribution in [2.24, 2.45) is 5.41 Å². The summed E-state index contributed by atoms with van der Waals surface area (Å²) in [4.78, 5) is 21.9. The van der Waals surface area contributed by atoms with Crippen molar-refractivity contribution in [1.82, 2.24) is 0 Å². The number of carboxylic acid groups (broad SMARTS) is 1. The fourth-order valence-electron chi connectivity index (χ4n) is 1.00. The van der Waals surface area contributed by atoms with Crippen molar-refractivity contribution in [2.75, 3.05) is 19.8 Å². The van der Waals surface area contributed by atoms with Gasteiger partial charge in [0.15, 0.2) is 0 Å². The van der Waals surface area contributed by atoms with Crippen molar-refractivity contribution in [3.63, 3.8) is 0 Å². The molecule has 0 aliphatic heterocycles. The molecule has 0 fully saturated rings. The second kappa shape index (κ2) is 7.55. The molecule has 0 bridgehead atoms. The maximum absolute atomic E-state index is 11.5. The number of carbonyl (C=O) groups is 2. The van der Waals surface area contributed by atoms with Crippen LogP contribution in [0.4, 0.5) is 0 Å². The van der Waals surface area contributed by atoms with Gasteiger partial charge in [-0.1, -0.05) is 6.92 Å². The Kier molecular flexibility index (Phi) is 6.81. The number of hydrogen-bond donors (Lipinski definition) is 3. The molecule has 0 saturated heterocycles. The molecule has 0 aromatic heterocycles. The average molecular weight is 274 g/mol. The molecule has 0 heterocycles. The lowest BCUT2D eigenvalue weighted by Crippen LogP contribution is -2.35. The SMILES string of the molecule is C=C(OC(=C)C(=O)OCC(CC)(CO)CO)C(=O)O. The smallest absolute Gasteiger partial charge is 0.373 e. The van der Waals surface area contributed by atoms with Crippen LogP contribution >= 0.6 is 0 Å². The Hall–Kier alpha value is -1.86.